The van der Waals surface area contributed by atoms with Gasteiger partial charge >= 0.3 is 0 Å². The lowest BCUT2D eigenvalue weighted by atomic mass is 10.1. The third kappa shape index (κ3) is 4.93. The SMILES string of the molecule is COc1cc(OC)cc(-c2nc(SCC(=O)c3cc([N+](=O)[O-])ccc3Br)n[nH]2)c1. The van der Waals surface area contributed by atoms with Crippen molar-refractivity contribution in [3.63, 3.8) is 0 Å². The second-order valence-electron chi connectivity index (χ2n) is 5.70. The second kappa shape index (κ2) is 9.05. The molecule has 2 aromatic carbocycles. The van der Waals surface area contributed by atoms with E-state index in [2.05, 4.69) is 31.1 Å². The minimum Gasteiger partial charge on any atom is -0.497 e. The fourth-order valence-electron chi connectivity index (χ4n) is 2.43. The number of H-pyrrole nitrogens is 1. The lowest BCUT2D eigenvalue weighted by Gasteiger charge is -2.06. The fraction of sp³-hybridized carbons (Fsp3) is 0.167. The van der Waals surface area contributed by atoms with E-state index in [1.807, 2.05) is 0 Å². The zero-order valence-corrected chi connectivity index (χ0v) is 17.7. The van der Waals surface area contributed by atoms with Gasteiger partial charge in [-0.2, -0.15) is 0 Å². The number of hydrogen-bond donors (Lipinski definition) is 1. The number of halogens is 1. The number of methoxy groups -OCH3 is 2. The molecule has 1 N–H and O–H groups in total. The molecule has 0 bridgehead atoms. The van der Waals surface area contributed by atoms with Crippen LogP contribution in [0.3, 0.4) is 0 Å². The molecule has 0 atom stereocenters. The predicted octanol–water partition coefficient (Wildman–Crippen LogP) is 4.13. The highest BCUT2D eigenvalue weighted by Gasteiger charge is 2.17. The van der Waals surface area contributed by atoms with Crippen LogP contribution in [0.5, 0.6) is 11.5 Å². The zero-order chi connectivity index (χ0) is 21.0. The third-order valence-electron chi connectivity index (χ3n) is 3.88. The van der Waals surface area contributed by atoms with Gasteiger partial charge in [0.25, 0.3) is 5.69 Å². The first-order valence-corrected chi connectivity index (χ1v) is 9.95. The molecule has 0 spiro atoms. The summed E-state index contributed by atoms with van der Waals surface area (Å²) in [7, 11) is 3.11. The minimum atomic E-state index is -0.541. The number of nitrogens with one attached hydrogen (secondary N) is 1. The average Bonchev–Trinajstić information content (AvgIpc) is 3.20. The topological polar surface area (TPSA) is 120 Å². The maximum atomic E-state index is 12.5. The van der Waals surface area contributed by atoms with Crippen LogP contribution >= 0.6 is 27.7 Å². The number of nitrogens with zero attached hydrogens (tertiary/aromatic N) is 3. The molecule has 3 rings (SSSR count). The fourth-order valence-corrected chi connectivity index (χ4v) is 3.58. The molecule has 0 radical (unpaired) electrons. The van der Waals surface area contributed by atoms with Crippen molar-refractivity contribution in [1.29, 1.82) is 0 Å². The van der Waals surface area contributed by atoms with E-state index < -0.39 is 4.92 Å². The summed E-state index contributed by atoms with van der Waals surface area (Å²) in [5.41, 5.74) is 0.807. The Morgan fingerprint density at radius 3 is 2.52 bits per heavy atom. The summed E-state index contributed by atoms with van der Waals surface area (Å²) >= 11 is 4.38. The van der Waals surface area contributed by atoms with Crippen LogP contribution in [0.2, 0.25) is 0 Å². The summed E-state index contributed by atoms with van der Waals surface area (Å²) in [4.78, 5) is 27.2. The average molecular weight is 479 g/mol. The van der Waals surface area contributed by atoms with Crippen molar-refractivity contribution < 1.29 is 19.2 Å². The first-order valence-electron chi connectivity index (χ1n) is 8.17. The molecule has 0 aliphatic rings. The normalized spacial score (nSPS) is 10.6. The van der Waals surface area contributed by atoms with Crippen LogP contribution in [0.4, 0.5) is 5.69 Å². The van der Waals surface area contributed by atoms with Gasteiger partial charge in [-0.05, 0) is 18.2 Å². The molecule has 11 heteroatoms. The monoisotopic (exact) mass is 478 g/mol. The molecule has 3 aromatic rings. The van der Waals surface area contributed by atoms with E-state index in [1.165, 1.54) is 18.2 Å². The molecule has 0 saturated carbocycles. The van der Waals surface area contributed by atoms with Crippen molar-refractivity contribution in [2.24, 2.45) is 0 Å². The first kappa shape index (κ1) is 20.8. The number of Topliss-reactive ketones (excluding diaryl/α,β-unsaturated/α-hetero) is 1. The molecule has 0 aliphatic carbocycles. The minimum absolute atomic E-state index is 0.0263. The number of carbonyl (C=O) groups is 1. The van der Waals surface area contributed by atoms with Gasteiger partial charge in [0.15, 0.2) is 11.6 Å². The molecular weight excluding hydrogens is 464 g/mol. The number of nitro groups is 1. The number of benzene rings is 2. The van der Waals surface area contributed by atoms with Gasteiger partial charge in [-0.1, -0.05) is 27.7 Å². The summed E-state index contributed by atoms with van der Waals surface area (Å²) < 4.78 is 11.0. The van der Waals surface area contributed by atoms with Gasteiger partial charge in [0.2, 0.25) is 5.16 Å². The second-order valence-corrected chi connectivity index (χ2v) is 7.50. The number of hydrogen-bond acceptors (Lipinski definition) is 8. The summed E-state index contributed by atoms with van der Waals surface area (Å²) in [6.07, 6.45) is 0. The smallest absolute Gasteiger partial charge is 0.270 e. The van der Waals surface area contributed by atoms with E-state index in [0.29, 0.717) is 32.5 Å². The molecular formula is C18H15BrN4O5S. The Morgan fingerprint density at radius 1 is 1.21 bits per heavy atom. The molecule has 150 valence electrons. The summed E-state index contributed by atoms with van der Waals surface area (Å²) in [6.45, 7) is 0. The van der Waals surface area contributed by atoms with E-state index in [0.717, 1.165) is 11.8 Å². The first-order chi connectivity index (χ1) is 13.9. The molecule has 0 saturated heterocycles. The van der Waals surface area contributed by atoms with Crippen LogP contribution < -0.4 is 9.47 Å². The Balaban J connectivity index is 1.74. The lowest BCUT2D eigenvalue weighted by Crippen LogP contribution is -2.04. The number of thioether (sulfide) groups is 1. The quantitative estimate of drug-likeness (QED) is 0.222. The van der Waals surface area contributed by atoms with Crippen LogP contribution in [0.25, 0.3) is 11.4 Å². The highest BCUT2D eigenvalue weighted by atomic mass is 79.9. The molecule has 0 aliphatic heterocycles. The van der Waals surface area contributed by atoms with Crippen molar-refractivity contribution in [2.75, 3.05) is 20.0 Å². The summed E-state index contributed by atoms with van der Waals surface area (Å²) in [5.74, 6) is 1.46. The van der Waals surface area contributed by atoms with Gasteiger partial charge in [-0.25, -0.2) is 4.98 Å². The van der Waals surface area contributed by atoms with E-state index >= 15 is 0 Å². The molecule has 1 aromatic heterocycles. The van der Waals surface area contributed by atoms with E-state index in [1.54, 1.807) is 32.4 Å². The van der Waals surface area contributed by atoms with Crippen LogP contribution in [0, 0.1) is 10.1 Å². The van der Waals surface area contributed by atoms with E-state index in [9.17, 15) is 14.9 Å². The van der Waals surface area contributed by atoms with Gasteiger partial charge in [-0.15, -0.1) is 5.10 Å². The molecule has 0 amide bonds. The van der Waals surface area contributed by atoms with E-state index in [-0.39, 0.29) is 22.8 Å². The maximum absolute atomic E-state index is 12.5. The number of nitro benzene ring substituents is 1. The third-order valence-corrected chi connectivity index (χ3v) is 5.42. The Hall–Kier alpha value is -2.92. The number of ketones is 1. The van der Waals surface area contributed by atoms with Crippen LogP contribution in [-0.4, -0.2) is 45.9 Å². The molecule has 0 unspecified atom stereocenters. The van der Waals surface area contributed by atoms with Crippen molar-refractivity contribution >= 4 is 39.2 Å². The number of rotatable bonds is 8. The van der Waals surface area contributed by atoms with Gasteiger partial charge in [0.05, 0.1) is 24.9 Å². The maximum Gasteiger partial charge on any atom is 0.270 e. The Morgan fingerprint density at radius 2 is 1.90 bits per heavy atom. The molecule has 29 heavy (non-hydrogen) atoms. The van der Waals surface area contributed by atoms with Crippen molar-refractivity contribution in [1.82, 2.24) is 15.2 Å². The van der Waals surface area contributed by atoms with Gasteiger partial charge in [0.1, 0.15) is 11.5 Å². The molecule has 1 heterocycles. The van der Waals surface area contributed by atoms with Crippen LogP contribution in [0.1, 0.15) is 10.4 Å². The van der Waals surface area contributed by atoms with Crippen molar-refractivity contribution in [3.05, 3.63) is 56.5 Å². The number of aromatic nitrogens is 3. The number of non-ortho nitro benzene ring substituents is 1. The van der Waals surface area contributed by atoms with Crippen molar-refractivity contribution in [2.45, 2.75) is 5.16 Å². The zero-order valence-electron chi connectivity index (χ0n) is 15.3. The number of carbonyl (C=O) groups excluding carboxylic acids is 1. The van der Waals surface area contributed by atoms with Crippen molar-refractivity contribution in [3.8, 4) is 22.9 Å². The van der Waals surface area contributed by atoms with Crippen LogP contribution in [0.15, 0.2) is 46.0 Å². The molecule has 9 nitrogen and oxygen atoms in total. The summed E-state index contributed by atoms with van der Waals surface area (Å²) in [5, 5.41) is 18.2. The highest BCUT2D eigenvalue weighted by Crippen LogP contribution is 2.29. The standard InChI is InChI=1S/C18H15BrN4O5S/c1-27-12-5-10(6-13(8-12)28-2)17-20-18(22-21-17)29-9-16(24)14-7-11(23(25)26)3-4-15(14)19/h3-8H,9H2,1-2H3,(H,20,21,22). The lowest BCUT2D eigenvalue weighted by molar-refractivity contribution is -0.384. The van der Waals surface area contributed by atoms with Crippen LogP contribution in [-0.2, 0) is 0 Å². The van der Waals surface area contributed by atoms with Gasteiger partial charge in [0, 0.05) is 33.8 Å². The largest absolute Gasteiger partial charge is 0.497 e. The molecule has 0 fully saturated rings. The van der Waals surface area contributed by atoms with Gasteiger partial charge in [-0.3, -0.25) is 20.0 Å². The highest BCUT2D eigenvalue weighted by molar-refractivity contribution is 9.10. The number of aromatic amines is 1. The Kier molecular flexibility index (Phi) is 6.49. The number of ether oxygens (including phenoxy) is 2. The van der Waals surface area contributed by atoms with Gasteiger partial charge < -0.3 is 9.47 Å². The predicted molar refractivity (Wildman–Crippen MR) is 111 cm³/mol. The Labute approximate surface area is 178 Å². The summed E-state index contributed by atoms with van der Waals surface area (Å²) in [6, 6.07) is 9.37. The Bertz CT molecular complexity index is 1050. The van der Waals surface area contributed by atoms with E-state index in [4.69, 9.17) is 9.47 Å².